The van der Waals surface area contributed by atoms with Gasteiger partial charge >= 0.3 is 5.97 Å². The number of rotatable bonds is 3. The molecule has 2 rings (SSSR count). The number of carbonyl (C=O) groups excluding carboxylic acids is 1. The molecule has 2 saturated heterocycles. The summed E-state index contributed by atoms with van der Waals surface area (Å²) in [5.41, 5.74) is 0. The highest BCUT2D eigenvalue weighted by molar-refractivity contribution is 7.86. The Kier molecular flexibility index (Phi) is 4.00. The maximum Gasteiger partial charge on any atom is 0.306 e. The lowest BCUT2D eigenvalue weighted by atomic mass is 9.87. The van der Waals surface area contributed by atoms with E-state index in [1.165, 1.54) is 6.42 Å². The van der Waals surface area contributed by atoms with Gasteiger partial charge in [0.05, 0.1) is 6.61 Å². The van der Waals surface area contributed by atoms with Crippen molar-refractivity contribution in [1.29, 1.82) is 0 Å². The molecule has 0 amide bonds. The van der Waals surface area contributed by atoms with Gasteiger partial charge in [-0.25, -0.2) is 0 Å². The third-order valence-corrected chi connectivity index (χ3v) is 5.83. The van der Waals surface area contributed by atoms with Crippen molar-refractivity contribution in [3.8, 4) is 0 Å². The van der Waals surface area contributed by atoms with Gasteiger partial charge < -0.3 is 4.74 Å². The predicted octanol–water partition coefficient (Wildman–Crippen LogP) is 2.02. The molecule has 0 N–H and O–H groups in total. The standard InChI is InChI=1S/C12H20O3S/c1-2-15-12(13)8-9-6-10-4-3-5-11(7-9)16(10)14/h9-11H,2-8H2,1H3. The van der Waals surface area contributed by atoms with Crippen LogP contribution in [0.1, 0.15) is 45.4 Å². The SMILES string of the molecule is CCOC(=O)CC1CC2CCCC(C1)S2=O. The van der Waals surface area contributed by atoms with Crippen molar-refractivity contribution in [3.63, 3.8) is 0 Å². The number of ether oxygens (including phenoxy) is 1. The highest BCUT2D eigenvalue weighted by atomic mass is 32.2. The topological polar surface area (TPSA) is 43.4 Å². The first-order chi connectivity index (χ1) is 7.70. The lowest BCUT2D eigenvalue weighted by Crippen LogP contribution is -2.39. The van der Waals surface area contributed by atoms with E-state index >= 15 is 0 Å². The molecule has 0 aromatic heterocycles. The van der Waals surface area contributed by atoms with Crippen molar-refractivity contribution in [2.75, 3.05) is 6.61 Å². The highest BCUT2D eigenvalue weighted by Crippen LogP contribution is 2.38. The zero-order valence-corrected chi connectivity index (χ0v) is 10.6. The van der Waals surface area contributed by atoms with Crippen LogP contribution in [-0.2, 0) is 20.3 Å². The van der Waals surface area contributed by atoms with E-state index in [0.717, 1.165) is 25.7 Å². The Labute approximate surface area is 99.4 Å². The summed E-state index contributed by atoms with van der Waals surface area (Å²) < 4.78 is 16.9. The molecule has 0 aliphatic carbocycles. The Morgan fingerprint density at radius 2 is 1.94 bits per heavy atom. The van der Waals surface area contributed by atoms with E-state index in [4.69, 9.17) is 4.74 Å². The smallest absolute Gasteiger partial charge is 0.306 e. The molecule has 2 bridgehead atoms. The number of fused-ring (bicyclic) bond motifs is 2. The van der Waals surface area contributed by atoms with E-state index in [-0.39, 0.29) is 5.97 Å². The quantitative estimate of drug-likeness (QED) is 0.713. The third kappa shape index (κ3) is 2.65. The number of carbonyl (C=O) groups is 1. The molecule has 0 saturated carbocycles. The summed E-state index contributed by atoms with van der Waals surface area (Å²) in [6.07, 6.45) is 5.83. The van der Waals surface area contributed by atoms with Gasteiger partial charge in [0.15, 0.2) is 0 Å². The Bertz CT molecular complexity index is 274. The molecule has 2 atom stereocenters. The van der Waals surface area contributed by atoms with Crippen LogP contribution in [0.3, 0.4) is 0 Å². The molecule has 0 spiro atoms. The molecular formula is C12H20O3S. The zero-order chi connectivity index (χ0) is 11.5. The molecule has 2 aliphatic rings. The minimum atomic E-state index is -0.627. The molecule has 2 heterocycles. The summed E-state index contributed by atoms with van der Waals surface area (Å²) in [5, 5.41) is 0.707. The van der Waals surface area contributed by atoms with Gasteiger partial charge in [0.2, 0.25) is 0 Å². The zero-order valence-electron chi connectivity index (χ0n) is 9.81. The van der Waals surface area contributed by atoms with Crippen LogP contribution in [0, 0.1) is 5.92 Å². The van der Waals surface area contributed by atoms with Gasteiger partial charge in [-0.05, 0) is 38.5 Å². The van der Waals surface area contributed by atoms with E-state index in [2.05, 4.69) is 0 Å². The Hall–Kier alpha value is -0.380. The minimum absolute atomic E-state index is 0.0849. The predicted molar refractivity (Wildman–Crippen MR) is 63.5 cm³/mol. The molecule has 4 heteroatoms. The molecule has 2 aliphatic heterocycles. The van der Waals surface area contributed by atoms with Crippen molar-refractivity contribution in [3.05, 3.63) is 0 Å². The Morgan fingerprint density at radius 1 is 1.31 bits per heavy atom. The van der Waals surface area contributed by atoms with Crippen LogP contribution in [0.15, 0.2) is 0 Å². The molecule has 16 heavy (non-hydrogen) atoms. The molecule has 2 fully saturated rings. The van der Waals surface area contributed by atoms with Gasteiger partial charge in [-0.2, -0.15) is 0 Å². The van der Waals surface area contributed by atoms with Crippen molar-refractivity contribution in [2.45, 2.75) is 55.9 Å². The molecule has 2 unspecified atom stereocenters. The van der Waals surface area contributed by atoms with Gasteiger partial charge in [0, 0.05) is 27.7 Å². The second-order valence-electron chi connectivity index (χ2n) is 4.85. The van der Waals surface area contributed by atoms with Crippen LogP contribution in [0.2, 0.25) is 0 Å². The summed E-state index contributed by atoms with van der Waals surface area (Å²) in [7, 11) is -0.627. The van der Waals surface area contributed by atoms with Gasteiger partial charge in [-0.3, -0.25) is 9.00 Å². The maximum atomic E-state index is 12.0. The van der Waals surface area contributed by atoms with Gasteiger partial charge in [0.25, 0.3) is 0 Å². The Balaban J connectivity index is 1.89. The molecule has 0 radical (unpaired) electrons. The average molecular weight is 244 g/mol. The molecule has 92 valence electrons. The van der Waals surface area contributed by atoms with E-state index in [1.807, 2.05) is 6.92 Å². The van der Waals surface area contributed by atoms with Crippen LogP contribution in [-0.4, -0.2) is 27.3 Å². The van der Waals surface area contributed by atoms with E-state index < -0.39 is 10.8 Å². The molecule has 3 nitrogen and oxygen atoms in total. The summed E-state index contributed by atoms with van der Waals surface area (Å²) in [6, 6.07) is 0. The lowest BCUT2D eigenvalue weighted by Gasteiger charge is -2.37. The largest absolute Gasteiger partial charge is 0.466 e. The van der Waals surface area contributed by atoms with Crippen molar-refractivity contribution < 1.29 is 13.7 Å². The van der Waals surface area contributed by atoms with Crippen LogP contribution in [0.25, 0.3) is 0 Å². The number of hydrogen-bond donors (Lipinski definition) is 0. The fourth-order valence-corrected chi connectivity index (χ4v) is 5.23. The van der Waals surface area contributed by atoms with E-state index in [1.54, 1.807) is 0 Å². The summed E-state index contributed by atoms with van der Waals surface area (Å²) >= 11 is 0. The van der Waals surface area contributed by atoms with Crippen LogP contribution in [0.5, 0.6) is 0 Å². The third-order valence-electron chi connectivity index (χ3n) is 3.66. The second-order valence-corrected chi connectivity index (χ2v) is 6.84. The highest BCUT2D eigenvalue weighted by Gasteiger charge is 2.38. The van der Waals surface area contributed by atoms with Crippen LogP contribution >= 0.6 is 0 Å². The van der Waals surface area contributed by atoms with Crippen molar-refractivity contribution in [2.24, 2.45) is 5.92 Å². The summed E-state index contributed by atoms with van der Waals surface area (Å²) in [4.78, 5) is 11.4. The normalized spacial score (nSPS) is 38.1. The van der Waals surface area contributed by atoms with Crippen LogP contribution < -0.4 is 0 Å². The number of hydrogen-bond acceptors (Lipinski definition) is 3. The fourth-order valence-electron chi connectivity index (χ4n) is 2.97. The molecular weight excluding hydrogens is 224 g/mol. The minimum Gasteiger partial charge on any atom is -0.466 e. The van der Waals surface area contributed by atoms with E-state index in [0.29, 0.717) is 29.4 Å². The lowest BCUT2D eigenvalue weighted by molar-refractivity contribution is -0.144. The summed E-state index contributed by atoms with van der Waals surface area (Å²) in [6.45, 7) is 2.30. The van der Waals surface area contributed by atoms with Crippen molar-refractivity contribution in [1.82, 2.24) is 0 Å². The Morgan fingerprint density at radius 3 is 2.50 bits per heavy atom. The monoisotopic (exact) mass is 244 g/mol. The molecule has 0 aromatic rings. The van der Waals surface area contributed by atoms with Crippen LogP contribution in [0.4, 0.5) is 0 Å². The first kappa shape index (κ1) is 12.1. The maximum absolute atomic E-state index is 12.0. The average Bonchev–Trinajstić information content (AvgIpc) is 2.20. The van der Waals surface area contributed by atoms with E-state index in [9.17, 15) is 9.00 Å². The second kappa shape index (κ2) is 5.30. The van der Waals surface area contributed by atoms with Gasteiger partial charge in [-0.1, -0.05) is 6.42 Å². The number of esters is 1. The first-order valence-corrected chi connectivity index (χ1v) is 7.53. The van der Waals surface area contributed by atoms with Gasteiger partial charge in [0.1, 0.15) is 0 Å². The van der Waals surface area contributed by atoms with Gasteiger partial charge in [-0.15, -0.1) is 0 Å². The first-order valence-electron chi connectivity index (χ1n) is 6.25. The fraction of sp³-hybridized carbons (Fsp3) is 0.917. The summed E-state index contributed by atoms with van der Waals surface area (Å²) in [5.74, 6) is 0.324. The van der Waals surface area contributed by atoms with Crippen molar-refractivity contribution >= 4 is 16.8 Å². The molecule has 0 aromatic carbocycles.